The molecule has 26 heavy (non-hydrogen) atoms. The molecule has 0 saturated carbocycles. The number of anilines is 1. The van der Waals surface area contributed by atoms with E-state index in [2.05, 4.69) is 5.32 Å². The van der Waals surface area contributed by atoms with Crippen molar-refractivity contribution in [1.82, 2.24) is 5.32 Å². The Kier molecular flexibility index (Phi) is 6.40. The lowest BCUT2D eigenvalue weighted by atomic mass is 10.0. The van der Waals surface area contributed by atoms with Crippen molar-refractivity contribution < 1.29 is 19.1 Å². The Morgan fingerprint density at radius 1 is 1.27 bits per heavy atom. The highest BCUT2D eigenvalue weighted by atomic mass is 16.5. The van der Waals surface area contributed by atoms with Gasteiger partial charge in [-0.2, -0.15) is 0 Å². The molecular formula is C20H28N2O4. The Labute approximate surface area is 154 Å². The van der Waals surface area contributed by atoms with Gasteiger partial charge in [0.2, 0.25) is 11.8 Å². The van der Waals surface area contributed by atoms with Gasteiger partial charge in [-0.1, -0.05) is 19.9 Å². The minimum absolute atomic E-state index is 0.214. The van der Waals surface area contributed by atoms with Gasteiger partial charge in [0.1, 0.15) is 12.0 Å². The van der Waals surface area contributed by atoms with E-state index in [1.54, 1.807) is 4.90 Å². The lowest BCUT2D eigenvalue weighted by Gasteiger charge is -2.21. The second-order valence-electron chi connectivity index (χ2n) is 7.31. The number of esters is 1. The number of rotatable bonds is 6. The third-order valence-electron chi connectivity index (χ3n) is 4.83. The van der Waals surface area contributed by atoms with Crippen LogP contribution in [0.25, 0.3) is 0 Å². The number of carbonyl (C=O) groups excluding carboxylic acids is 3. The largest absolute Gasteiger partial charge is 0.467 e. The van der Waals surface area contributed by atoms with E-state index in [1.807, 2.05) is 45.9 Å². The summed E-state index contributed by atoms with van der Waals surface area (Å²) in [5, 5.41) is 2.70. The molecule has 0 aromatic heterocycles. The number of aryl methyl sites for hydroxylation is 2. The first-order chi connectivity index (χ1) is 12.2. The molecule has 1 aliphatic rings. The van der Waals surface area contributed by atoms with E-state index in [-0.39, 0.29) is 11.8 Å². The summed E-state index contributed by atoms with van der Waals surface area (Å²) in [6, 6.07) is 5.11. The molecule has 1 aromatic rings. The first-order valence-electron chi connectivity index (χ1n) is 9.01. The molecule has 0 bridgehead atoms. The summed E-state index contributed by atoms with van der Waals surface area (Å²) >= 11 is 0. The van der Waals surface area contributed by atoms with E-state index >= 15 is 0 Å². The zero-order valence-electron chi connectivity index (χ0n) is 16.2. The van der Waals surface area contributed by atoms with Gasteiger partial charge in [-0.25, -0.2) is 4.79 Å². The van der Waals surface area contributed by atoms with E-state index in [0.29, 0.717) is 19.4 Å². The van der Waals surface area contributed by atoms with Crippen LogP contribution in [0, 0.1) is 25.7 Å². The molecule has 2 amide bonds. The first-order valence-corrected chi connectivity index (χ1v) is 9.01. The quantitative estimate of drug-likeness (QED) is 0.624. The number of nitrogens with one attached hydrogen (secondary N) is 1. The van der Waals surface area contributed by atoms with Crippen LogP contribution < -0.4 is 10.2 Å². The standard InChI is InChI=1S/C20H28N2O4/c1-12(2)10-17(20(25)26-5)21-18(23)16-8-9-22(19(16)24)15-7-6-13(3)14(4)11-15/h6-7,11-12,16-17H,8-10H2,1-5H3,(H,21,23). The van der Waals surface area contributed by atoms with Gasteiger partial charge in [0.15, 0.2) is 0 Å². The maximum absolute atomic E-state index is 12.7. The SMILES string of the molecule is COC(=O)C(CC(C)C)NC(=O)C1CCN(c2ccc(C)c(C)c2)C1=O. The normalized spacial score (nSPS) is 18.2. The summed E-state index contributed by atoms with van der Waals surface area (Å²) in [6.07, 6.45) is 0.910. The molecule has 0 aliphatic carbocycles. The van der Waals surface area contributed by atoms with Gasteiger partial charge in [0, 0.05) is 12.2 Å². The van der Waals surface area contributed by atoms with Crippen LogP contribution in [0.4, 0.5) is 5.69 Å². The maximum atomic E-state index is 12.7. The lowest BCUT2D eigenvalue weighted by molar-refractivity contribution is -0.146. The van der Waals surface area contributed by atoms with Crippen molar-refractivity contribution in [2.45, 2.75) is 46.6 Å². The highest BCUT2D eigenvalue weighted by Gasteiger charge is 2.39. The Bertz CT molecular complexity index is 699. The molecule has 142 valence electrons. The zero-order chi connectivity index (χ0) is 19.4. The van der Waals surface area contributed by atoms with Crippen LogP contribution in [0.3, 0.4) is 0 Å². The summed E-state index contributed by atoms with van der Waals surface area (Å²) in [6.45, 7) is 8.43. The summed E-state index contributed by atoms with van der Waals surface area (Å²) in [5.74, 6) is -1.67. The second kappa shape index (κ2) is 8.34. The molecule has 1 saturated heterocycles. The number of hydrogen-bond donors (Lipinski definition) is 1. The van der Waals surface area contributed by atoms with Gasteiger partial charge in [0.25, 0.3) is 0 Å². The number of benzene rings is 1. The average molecular weight is 360 g/mol. The summed E-state index contributed by atoms with van der Waals surface area (Å²) in [4.78, 5) is 38.9. The van der Waals surface area contributed by atoms with Gasteiger partial charge in [-0.3, -0.25) is 9.59 Å². The predicted molar refractivity (Wildman–Crippen MR) is 99.8 cm³/mol. The second-order valence-corrected chi connectivity index (χ2v) is 7.31. The molecule has 0 spiro atoms. The number of carbonyl (C=O) groups is 3. The molecule has 1 aliphatic heterocycles. The van der Waals surface area contributed by atoms with E-state index in [9.17, 15) is 14.4 Å². The summed E-state index contributed by atoms with van der Waals surface area (Å²) in [5.41, 5.74) is 3.07. The monoisotopic (exact) mass is 360 g/mol. The van der Waals surface area contributed by atoms with Crippen LogP contribution >= 0.6 is 0 Å². The molecule has 2 unspecified atom stereocenters. The predicted octanol–water partition coefficient (Wildman–Crippen LogP) is 2.36. The van der Waals surface area contributed by atoms with Crippen LogP contribution in [0.1, 0.15) is 37.8 Å². The molecule has 1 aromatic carbocycles. The van der Waals surface area contributed by atoms with Crippen LogP contribution in [-0.2, 0) is 19.1 Å². The topological polar surface area (TPSA) is 75.7 Å². The third kappa shape index (κ3) is 4.42. The number of ether oxygens (including phenoxy) is 1. The molecule has 2 atom stereocenters. The highest BCUT2D eigenvalue weighted by Crippen LogP contribution is 2.27. The zero-order valence-corrected chi connectivity index (χ0v) is 16.2. The molecular weight excluding hydrogens is 332 g/mol. The Balaban J connectivity index is 2.09. The van der Waals surface area contributed by atoms with E-state index in [1.165, 1.54) is 7.11 Å². The van der Waals surface area contributed by atoms with Crippen LogP contribution in [0.5, 0.6) is 0 Å². The fourth-order valence-electron chi connectivity index (χ4n) is 3.17. The summed E-state index contributed by atoms with van der Waals surface area (Å²) < 4.78 is 4.77. The number of methoxy groups -OCH3 is 1. The minimum Gasteiger partial charge on any atom is -0.467 e. The van der Waals surface area contributed by atoms with Gasteiger partial charge < -0.3 is 15.0 Å². The highest BCUT2D eigenvalue weighted by molar-refractivity contribution is 6.10. The molecule has 1 heterocycles. The van der Waals surface area contributed by atoms with Crippen LogP contribution in [-0.4, -0.2) is 37.5 Å². The lowest BCUT2D eigenvalue weighted by Crippen LogP contribution is -2.46. The van der Waals surface area contributed by atoms with Crippen molar-refractivity contribution >= 4 is 23.5 Å². The van der Waals surface area contributed by atoms with Crippen molar-refractivity contribution in [3.05, 3.63) is 29.3 Å². The van der Waals surface area contributed by atoms with Crippen molar-refractivity contribution in [1.29, 1.82) is 0 Å². The molecule has 6 nitrogen and oxygen atoms in total. The van der Waals surface area contributed by atoms with E-state index < -0.39 is 23.8 Å². The van der Waals surface area contributed by atoms with E-state index in [0.717, 1.165) is 16.8 Å². The fourth-order valence-corrected chi connectivity index (χ4v) is 3.17. The molecule has 6 heteroatoms. The Morgan fingerprint density at radius 3 is 2.54 bits per heavy atom. The van der Waals surface area contributed by atoms with Crippen molar-refractivity contribution in [2.75, 3.05) is 18.6 Å². The molecule has 1 N–H and O–H groups in total. The Morgan fingerprint density at radius 2 is 1.96 bits per heavy atom. The van der Waals surface area contributed by atoms with Crippen molar-refractivity contribution in [2.24, 2.45) is 11.8 Å². The van der Waals surface area contributed by atoms with Gasteiger partial charge in [-0.05, 0) is 55.9 Å². The van der Waals surface area contributed by atoms with Gasteiger partial charge >= 0.3 is 5.97 Å². The number of hydrogen-bond acceptors (Lipinski definition) is 4. The fraction of sp³-hybridized carbons (Fsp3) is 0.550. The Hall–Kier alpha value is -2.37. The van der Waals surface area contributed by atoms with Crippen molar-refractivity contribution in [3.63, 3.8) is 0 Å². The summed E-state index contributed by atoms with van der Waals surface area (Å²) in [7, 11) is 1.30. The molecule has 1 fully saturated rings. The first kappa shape index (κ1) is 19.9. The maximum Gasteiger partial charge on any atom is 0.328 e. The van der Waals surface area contributed by atoms with Gasteiger partial charge in [0.05, 0.1) is 7.11 Å². The molecule has 2 rings (SSSR count). The van der Waals surface area contributed by atoms with Crippen LogP contribution in [0.15, 0.2) is 18.2 Å². The molecule has 0 radical (unpaired) electrons. The third-order valence-corrected chi connectivity index (χ3v) is 4.83. The van der Waals surface area contributed by atoms with E-state index in [4.69, 9.17) is 4.74 Å². The number of amides is 2. The van der Waals surface area contributed by atoms with Crippen LogP contribution in [0.2, 0.25) is 0 Å². The average Bonchev–Trinajstić information content (AvgIpc) is 2.97. The van der Waals surface area contributed by atoms with Gasteiger partial charge in [-0.15, -0.1) is 0 Å². The smallest absolute Gasteiger partial charge is 0.328 e. The van der Waals surface area contributed by atoms with Crippen molar-refractivity contribution in [3.8, 4) is 0 Å². The number of nitrogens with zero attached hydrogens (tertiary/aromatic N) is 1. The minimum atomic E-state index is -0.768.